The molecule has 0 amide bonds. The Bertz CT molecular complexity index is 1020. The second kappa shape index (κ2) is 11.9. The molecule has 1 heterocycles. The molecule has 32 heavy (non-hydrogen) atoms. The van der Waals surface area contributed by atoms with Crippen LogP contribution in [-0.2, 0) is 6.42 Å². The topological polar surface area (TPSA) is 28.7 Å². The first-order valence-electron chi connectivity index (χ1n) is 11.4. The first-order chi connectivity index (χ1) is 15.5. The molecule has 0 aliphatic heterocycles. The van der Waals surface area contributed by atoms with Gasteiger partial charge in [-0.2, -0.15) is 0 Å². The molecule has 0 bridgehead atoms. The summed E-state index contributed by atoms with van der Waals surface area (Å²) >= 11 is 0. The number of H-pyrrole nitrogens is 1. The Labute approximate surface area is 193 Å². The average Bonchev–Trinajstić information content (AvgIpc) is 3.32. The first-order valence-corrected chi connectivity index (χ1v) is 11.4. The number of imidazole rings is 1. The van der Waals surface area contributed by atoms with E-state index in [1.54, 1.807) is 6.20 Å². The van der Waals surface area contributed by atoms with Crippen LogP contribution in [0.3, 0.4) is 0 Å². The van der Waals surface area contributed by atoms with E-state index in [9.17, 15) is 0 Å². The number of hydrogen-bond donors (Lipinski definition) is 1. The number of rotatable bonds is 6. The van der Waals surface area contributed by atoms with Gasteiger partial charge < -0.3 is 4.98 Å². The van der Waals surface area contributed by atoms with E-state index in [-0.39, 0.29) is 0 Å². The van der Waals surface area contributed by atoms with Gasteiger partial charge in [0.2, 0.25) is 6.71 Å². The number of benzene rings is 3. The molecule has 0 radical (unpaired) electrons. The lowest BCUT2D eigenvalue weighted by atomic mass is 9.40. The van der Waals surface area contributed by atoms with E-state index in [1.165, 1.54) is 27.6 Å². The summed E-state index contributed by atoms with van der Waals surface area (Å²) in [5.74, 6) is 3.93. The van der Waals surface area contributed by atoms with Crippen molar-refractivity contribution in [1.29, 1.82) is 0 Å². The molecule has 162 valence electrons. The van der Waals surface area contributed by atoms with Gasteiger partial charge in [0.05, 0.1) is 0 Å². The van der Waals surface area contributed by atoms with Crippen LogP contribution in [0.4, 0.5) is 0 Å². The number of hydrogen-bond acceptors (Lipinski definition) is 1. The highest BCUT2D eigenvalue weighted by Gasteiger charge is 2.14. The van der Waals surface area contributed by atoms with Crippen LogP contribution in [0.25, 0.3) is 0 Å². The van der Waals surface area contributed by atoms with Crippen molar-refractivity contribution in [2.24, 2.45) is 5.92 Å². The molecule has 0 aliphatic rings. The lowest BCUT2D eigenvalue weighted by Gasteiger charge is -2.10. The Morgan fingerprint density at radius 2 is 1.38 bits per heavy atom. The van der Waals surface area contributed by atoms with Crippen LogP contribution in [0.5, 0.6) is 0 Å². The summed E-state index contributed by atoms with van der Waals surface area (Å²) in [6.45, 7) is 9.07. The zero-order valence-corrected chi connectivity index (χ0v) is 19.6. The summed E-state index contributed by atoms with van der Waals surface area (Å²) in [5, 5.41) is 0. The third-order valence-corrected chi connectivity index (χ3v) is 5.55. The van der Waals surface area contributed by atoms with E-state index < -0.39 is 0 Å². The fraction of sp³-hybridized carbons (Fsp3) is 0.207. The van der Waals surface area contributed by atoms with E-state index in [1.807, 2.05) is 6.20 Å². The number of aromatic amines is 1. The molecule has 0 fully saturated rings. The van der Waals surface area contributed by atoms with Gasteiger partial charge in [-0.3, -0.25) is 0 Å². The van der Waals surface area contributed by atoms with Gasteiger partial charge in [-0.05, 0) is 36.5 Å². The maximum absolute atomic E-state index is 4.24. The Morgan fingerprint density at radius 1 is 0.812 bits per heavy atom. The Kier molecular flexibility index (Phi) is 8.68. The SMILES string of the molecule is CC(C)C=CB(c1ccccc1)c1ccccc1.Cc1cccc(C)c1Cc1ncc[nH]1. The standard InChI is InChI=1S/C17H19B.C12H14N2/c1-15(2)13-14-18(16-9-5-3-6-10-16)17-11-7-4-8-12-17;1-9-4-3-5-10(2)11(9)8-12-13-6-7-14-12/h3-15H,1-2H3;3-7H,8H2,1-2H3,(H,13,14). The lowest BCUT2D eigenvalue weighted by Crippen LogP contribution is -2.40. The van der Waals surface area contributed by atoms with Crippen LogP contribution in [0.1, 0.15) is 36.4 Å². The molecule has 0 spiro atoms. The minimum absolute atomic E-state index is 0.356. The molecule has 4 aromatic rings. The highest BCUT2D eigenvalue weighted by atomic mass is 14.9. The number of nitrogens with one attached hydrogen (secondary N) is 1. The zero-order chi connectivity index (χ0) is 22.8. The van der Waals surface area contributed by atoms with E-state index in [4.69, 9.17) is 0 Å². The summed E-state index contributed by atoms with van der Waals surface area (Å²) in [7, 11) is 0. The van der Waals surface area contributed by atoms with E-state index in [0.29, 0.717) is 12.6 Å². The second-order valence-corrected chi connectivity index (χ2v) is 8.51. The molecule has 0 aliphatic carbocycles. The Hall–Kier alpha value is -3.33. The fourth-order valence-electron chi connectivity index (χ4n) is 3.76. The van der Waals surface area contributed by atoms with Gasteiger partial charge in [0.15, 0.2) is 0 Å². The van der Waals surface area contributed by atoms with Crippen molar-refractivity contribution in [3.8, 4) is 0 Å². The first kappa shape index (κ1) is 23.3. The molecule has 0 atom stereocenters. The van der Waals surface area contributed by atoms with E-state index >= 15 is 0 Å². The smallest absolute Gasteiger partial charge is 0.233 e. The third kappa shape index (κ3) is 6.85. The molecule has 0 unspecified atom stereocenters. The number of aromatic nitrogens is 2. The number of aryl methyl sites for hydroxylation is 2. The molecule has 3 heteroatoms. The quantitative estimate of drug-likeness (QED) is 0.401. The number of allylic oxidation sites excluding steroid dienone is 1. The van der Waals surface area contributed by atoms with Crippen LogP contribution in [0.2, 0.25) is 0 Å². The van der Waals surface area contributed by atoms with Crippen LogP contribution < -0.4 is 10.9 Å². The molecular weight excluding hydrogens is 387 g/mol. The van der Waals surface area contributed by atoms with Gasteiger partial charge in [-0.15, -0.1) is 5.98 Å². The van der Waals surface area contributed by atoms with Gasteiger partial charge in [0.25, 0.3) is 0 Å². The fourth-order valence-corrected chi connectivity index (χ4v) is 3.76. The molecule has 1 N–H and O–H groups in total. The van der Waals surface area contributed by atoms with Crippen molar-refractivity contribution in [3.05, 3.63) is 126 Å². The van der Waals surface area contributed by atoms with Crippen molar-refractivity contribution in [3.63, 3.8) is 0 Å². The van der Waals surface area contributed by atoms with Crippen LogP contribution in [-0.4, -0.2) is 16.7 Å². The van der Waals surface area contributed by atoms with E-state index in [0.717, 1.165) is 12.2 Å². The average molecular weight is 420 g/mol. The molecule has 0 saturated heterocycles. The minimum Gasteiger partial charge on any atom is -0.348 e. The van der Waals surface area contributed by atoms with Crippen LogP contribution in [0.15, 0.2) is 103 Å². The van der Waals surface area contributed by atoms with Gasteiger partial charge in [0, 0.05) is 18.8 Å². The predicted octanol–water partition coefficient (Wildman–Crippen LogP) is 5.66. The maximum atomic E-state index is 4.24. The Morgan fingerprint density at radius 3 is 1.84 bits per heavy atom. The highest BCUT2D eigenvalue weighted by molar-refractivity contribution is 6.89. The monoisotopic (exact) mass is 420 g/mol. The van der Waals surface area contributed by atoms with Crippen molar-refractivity contribution in [2.45, 2.75) is 34.1 Å². The predicted molar refractivity (Wildman–Crippen MR) is 139 cm³/mol. The van der Waals surface area contributed by atoms with Crippen LogP contribution in [0, 0.1) is 19.8 Å². The third-order valence-electron chi connectivity index (χ3n) is 5.55. The van der Waals surface area contributed by atoms with Crippen molar-refractivity contribution in [1.82, 2.24) is 9.97 Å². The summed E-state index contributed by atoms with van der Waals surface area (Å²) < 4.78 is 0. The maximum Gasteiger partial charge on any atom is 0.233 e. The van der Waals surface area contributed by atoms with Crippen LogP contribution >= 0.6 is 0 Å². The molecular formula is C29H33BN2. The summed E-state index contributed by atoms with van der Waals surface area (Å²) in [6.07, 6.45) is 6.84. The van der Waals surface area contributed by atoms with Gasteiger partial charge >= 0.3 is 0 Å². The second-order valence-electron chi connectivity index (χ2n) is 8.51. The molecule has 4 rings (SSSR count). The normalized spacial score (nSPS) is 10.8. The van der Waals surface area contributed by atoms with Crippen molar-refractivity contribution >= 4 is 17.6 Å². The summed E-state index contributed by atoms with van der Waals surface area (Å²) in [5.41, 5.74) is 6.74. The largest absolute Gasteiger partial charge is 0.348 e. The van der Waals surface area contributed by atoms with E-state index in [2.05, 4.69) is 129 Å². The van der Waals surface area contributed by atoms with Gasteiger partial charge in [-0.1, -0.05) is 110 Å². The summed E-state index contributed by atoms with van der Waals surface area (Å²) in [4.78, 5) is 7.37. The van der Waals surface area contributed by atoms with Gasteiger partial charge in [-0.25, -0.2) is 4.98 Å². The molecule has 0 saturated carbocycles. The number of nitrogens with zero attached hydrogens (tertiary/aromatic N) is 1. The van der Waals surface area contributed by atoms with Crippen molar-refractivity contribution < 1.29 is 0 Å². The lowest BCUT2D eigenvalue weighted by molar-refractivity contribution is 0.833. The zero-order valence-electron chi connectivity index (χ0n) is 19.6. The highest BCUT2D eigenvalue weighted by Crippen LogP contribution is 2.15. The summed E-state index contributed by atoms with van der Waals surface area (Å²) in [6, 6.07) is 27.7. The molecule has 3 aromatic carbocycles. The minimum atomic E-state index is 0.356. The van der Waals surface area contributed by atoms with Crippen molar-refractivity contribution in [2.75, 3.05) is 0 Å². The Balaban J connectivity index is 0.000000186. The molecule has 2 nitrogen and oxygen atoms in total. The molecule has 1 aromatic heterocycles. The van der Waals surface area contributed by atoms with Gasteiger partial charge in [0.1, 0.15) is 5.82 Å².